The van der Waals surface area contributed by atoms with Crippen molar-refractivity contribution >= 4 is 18.2 Å². The van der Waals surface area contributed by atoms with Crippen LogP contribution in [0.15, 0.2) is 35.2 Å². The van der Waals surface area contributed by atoms with Crippen LogP contribution < -0.4 is 10.9 Å². The topological polar surface area (TPSA) is 89.3 Å². The van der Waals surface area contributed by atoms with E-state index in [0.717, 1.165) is 34.9 Å². The molecule has 0 saturated carbocycles. The van der Waals surface area contributed by atoms with E-state index < -0.39 is 17.8 Å². The van der Waals surface area contributed by atoms with Gasteiger partial charge >= 0.3 is 0 Å². The fourth-order valence-corrected chi connectivity index (χ4v) is 3.51. The number of rotatable bonds is 7. The average molecular weight is 487 g/mol. The molecule has 33 heavy (non-hydrogen) atoms. The van der Waals surface area contributed by atoms with Crippen molar-refractivity contribution in [1.29, 1.82) is 0 Å². The lowest BCUT2D eigenvalue weighted by atomic mass is 9.85. The number of benzene rings is 2. The van der Waals surface area contributed by atoms with Crippen molar-refractivity contribution in [2.45, 2.75) is 76.7 Å². The van der Waals surface area contributed by atoms with Gasteiger partial charge < -0.3 is 15.6 Å². The summed E-state index contributed by atoms with van der Waals surface area (Å²) in [5, 5.41) is 14.8. The number of alkyl halides is 2. The molecule has 0 fully saturated rings. The summed E-state index contributed by atoms with van der Waals surface area (Å²) in [4.78, 5) is 11.2. The molecule has 2 aromatic rings. The van der Waals surface area contributed by atoms with Crippen LogP contribution in [0.2, 0.25) is 0 Å². The van der Waals surface area contributed by atoms with Gasteiger partial charge in [0.25, 0.3) is 6.43 Å². The Morgan fingerprint density at radius 3 is 1.82 bits per heavy atom. The second-order valence-electron chi connectivity index (χ2n) is 8.48. The molecule has 0 spiro atoms. The molecule has 0 saturated heterocycles. The summed E-state index contributed by atoms with van der Waals surface area (Å²) in [6.07, 6.45) is -1.33. The summed E-state index contributed by atoms with van der Waals surface area (Å²) >= 11 is 0.858. The van der Waals surface area contributed by atoms with Gasteiger partial charge in [-0.15, -0.1) is 0 Å². The van der Waals surface area contributed by atoms with E-state index in [2.05, 4.69) is 5.73 Å². The van der Waals surface area contributed by atoms with Crippen LogP contribution in [0.5, 0.6) is 0 Å². The minimum Gasteiger partial charge on any atom is -0.386 e. The van der Waals surface area contributed by atoms with E-state index in [0.29, 0.717) is 16.9 Å². The molecular formula is C25H37F3N2O2S. The number of halogens is 3. The van der Waals surface area contributed by atoms with Crippen LogP contribution in [0.3, 0.4) is 0 Å². The Hall–Kier alpha value is -1.87. The molecule has 0 aliphatic rings. The molecule has 4 nitrogen and oxygen atoms in total. The summed E-state index contributed by atoms with van der Waals surface area (Å²) in [5.74, 6) is -0.126. The highest BCUT2D eigenvalue weighted by Gasteiger charge is 2.19. The fraction of sp³-hybridized carbons (Fsp3) is 0.480. The normalized spacial score (nSPS) is 11.2. The highest BCUT2D eigenvalue weighted by molar-refractivity contribution is 7.97. The molecule has 0 radical (unpaired) electrons. The van der Waals surface area contributed by atoms with Gasteiger partial charge in [0.15, 0.2) is 0 Å². The highest BCUT2D eigenvalue weighted by atomic mass is 32.2. The van der Waals surface area contributed by atoms with Gasteiger partial charge in [-0.05, 0) is 91.2 Å². The van der Waals surface area contributed by atoms with E-state index in [9.17, 15) is 23.1 Å². The van der Waals surface area contributed by atoms with Gasteiger partial charge in [-0.3, -0.25) is 5.14 Å². The van der Waals surface area contributed by atoms with Gasteiger partial charge in [-0.1, -0.05) is 33.8 Å². The van der Waals surface area contributed by atoms with Crippen molar-refractivity contribution in [3.05, 3.63) is 64.0 Å². The number of hydrogen-bond donors (Lipinski definition) is 3. The maximum absolute atomic E-state index is 13.2. The van der Waals surface area contributed by atoms with Crippen molar-refractivity contribution in [1.82, 2.24) is 0 Å². The first-order valence-electron chi connectivity index (χ1n) is 10.7. The molecule has 0 bridgehead atoms. The van der Waals surface area contributed by atoms with Crippen LogP contribution in [0.25, 0.3) is 0 Å². The fourth-order valence-electron chi connectivity index (χ4n) is 3.19. The molecule has 2 aromatic carbocycles. The molecule has 5 N–H and O–H groups in total. The van der Waals surface area contributed by atoms with Crippen molar-refractivity contribution < 1.29 is 23.1 Å². The van der Waals surface area contributed by atoms with E-state index in [1.807, 2.05) is 27.7 Å². The number of hydrogen-bond acceptors (Lipinski definition) is 5. The second-order valence-corrected chi connectivity index (χ2v) is 9.16. The Morgan fingerprint density at radius 2 is 1.52 bits per heavy atom. The lowest BCUT2D eigenvalue weighted by Gasteiger charge is -2.20. The largest absolute Gasteiger partial charge is 0.386 e. The molecule has 0 unspecified atom stereocenters. The smallest absolute Gasteiger partial charge is 0.263 e. The van der Waals surface area contributed by atoms with Gasteiger partial charge in [0, 0.05) is 12.0 Å². The lowest BCUT2D eigenvalue weighted by Crippen LogP contribution is -2.15. The Morgan fingerprint density at radius 1 is 1.03 bits per heavy atom. The first-order valence-corrected chi connectivity index (χ1v) is 11.6. The molecule has 0 heterocycles. The molecule has 186 valence electrons. The predicted octanol–water partition coefficient (Wildman–Crippen LogP) is 6.21. The highest BCUT2D eigenvalue weighted by Crippen LogP contribution is 2.33. The summed E-state index contributed by atoms with van der Waals surface area (Å²) in [5.41, 5.74) is 6.73. The van der Waals surface area contributed by atoms with Crippen LogP contribution in [-0.2, 0) is 16.8 Å². The number of aldehydes is 1. The predicted molar refractivity (Wildman–Crippen MR) is 131 cm³/mol. The van der Waals surface area contributed by atoms with Crippen LogP contribution >= 0.6 is 11.9 Å². The van der Waals surface area contributed by atoms with Crippen molar-refractivity contribution in [2.75, 3.05) is 7.05 Å². The van der Waals surface area contributed by atoms with E-state index in [-0.39, 0.29) is 17.4 Å². The molecular weight excluding hydrogens is 449 g/mol. The van der Waals surface area contributed by atoms with Crippen molar-refractivity contribution in [2.24, 2.45) is 10.9 Å². The zero-order valence-corrected chi connectivity index (χ0v) is 21.3. The molecule has 0 aliphatic heterocycles. The Bertz CT molecular complexity index is 853. The minimum absolute atomic E-state index is 0.0528. The Balaban J connectivity index is 0.000000602. The van der Waals surface area contributed by atoms with Gasteiger partial charge in [-0.25, -0.2) is 13.2 Å². The van der Waals surface area contributed by atoms with Crippen LogP contribution in [0.4, 0.5) is 13.2 Å². The SMILES string of the molecule is CC(C)(O)c1ccc(SN)c(F)c1.CC(C)c1cc(C(F)F)cc(C(C)C)c1CC=O.CN. The molecule has 0 atom stereocenters. The minimum atomic E-state index is -2.47. The first-order chi connectivity index (χ1) is 15.3. The van der Waals surface area contributed by atoms with Crippen molar-refractivity contribution in [3.63, 3.8) is 0 Å². The summed E-state index contributed by atoms with van der Waals surface area (Å²) in [6, 6.07) is 7.61. The molecule has 0 amide bonds. The third kappa shape index (κ3) is 9.49. The zero-order chi connectivity index (χ0) is 25.9. The lowest BCUT2D eigenvalue weighted by molar-refractivity contribution is -0.107. The van der Waals surface area contributed by atoms with Crippen molar-refractivity contribution in [3.8, 4) is 0 Å². The van der Waals surface area contributed by atoms with Gasteiger partial charge in [0.2, 0.25) is 0 Å². The number of aliphatic hydroxyl groups is 1. The Labute approximate surface area is 200 Å². The summed E-state index contributed by atoms with van der Waals surface area (Å²) in [7, 11) is 1.50. The third-order valence-corrected chi connectivity index (χ3v) is 5.48. The zero-order valence-electron chi connectivity index (χ0n) is 20.5. The van der Waals surface area contributed by atoms with Crippen LogP contribution in [0.1, 0.15) is 87.6 Å². The number of nitrogens with two attached hydrogens (primary N) is 2. The third-order valence-electron chi connectivity index (χ3n) is 4.89. The summed E-state index contributed by atoms with van der Waals surface area (Å²) < 4.78 is 39.0. The molecule has 0 aliphatic carbocycles. The maximum Gasteiger partial charge on any atom is 0.263 e. The average Bonchev–Trinajstić information content (AvgIpc) is 2.74. The Kier molecular flexibility index (Phi) is 13.6. The van der Waals surface area contributed by atoms with Gasteiger partial charge in [0.05, 0.1) is 10.5 Å². The van der Waals surface area contributed by atoms with Gasteiger partial charge in [-0.2, -0.15) is 0 Å². The van der Waals surface area contributed by atoms with Crippen LogP contribution in [0, 0.1) is 5.82 Å². The standard InChI is InChI=1S/C15H20F2O.C9H12FNOS.CH5N/c1-9(2)13-7-11(15(16)17)8-14(10(3)4)12(13)5-6-18;1-9(2,12)6-3-4-8(13-11)7(10)5-6;1-2/h6-10,15H,5H2,1-4H3;3-5,12H,11H2,1-2H3;2H2,1H3. The monoisotopic (exact) mass is 486 g/mol. The van der Waals surface area contributed by atoms with E-state index >= 15 is 0 Å². The molecule has 2 rings (SSSR count). The number of carbonyl (C=O) groups excluding carboxylic acids is 1. The van der Waals surface area contributed by atoms with E-state index in [1.165, 1.54) is 13.1 Å². The van der Waals surface area contributed by atoms with E-state index in [4.69, 9.17) is 5.14 Å². The quantitative estimate of drug-likeness (QED) is 0.320. The summed E-state index contributed by atoms with van der Waals surface area (Å²) in [6.45, 7) is 11.1. The second kappa shape index (κ2) is 14.4. The van der Waals surface area contributed by atoms with E-state index in [1.54, 1.807) is 38.1 Å². The van der Waals surface area contributed by atoms with Gasteiger partial charge in [0.1, 0.15) is 12.1 Å². The molecule has 0 aromatic heterocycles. The molecule has 8 heteroatoms. The van der Waals surface area contributed by atoms with Crippen LogP contribution in [-0.4, -0.2) is 18.4 Å². The first kappa shape index (κ1) is 31.1. The maximum atomic E-state index is 13.2. The number of carbonyl (C=O) groups is 1.